The number of aliphatic carboxylic acids is 1. The molecule has 3 rings (SSSR count). The molecule has 0 unspecified atom stereocenters. The number of hydrogen-bond acceptors (Lipinski definition) is 5. The first-order valence-corrected chi connectivity index (χ1v) is 11.7. The molecule has 1 amide bonds. The van der Waals surface area contributed by atoms with Crippen molar-refractivity contribution in [3.8, 4) is 11.6 Å². The molecule has 10 heteroatoms. The van der Waals surface area contributed by atoms with Crippen molar-refractivity contribution in [1.82, 2.24) is 15.1 Å². The van der Waals surface area contributed by atoms with E-state index in [1.807, 2.05) is 32.0 Å². The van der Waals surface area contributed by atoms with E-state index in [0.29, 0.717) is 11.3 Å². The van der Waals surface area contributed by atoms with Crippen molar-refractivity contribution >= 4 is 35.1 Å². The molecule has 0 aliphatic heterocycles. The Kier molecular flexibility index (Phi) is 8.43. The molecule has 0 radical (unpaired) electrons. The molecule has 8 nitrogen and oxygen atoms in total. The van der Waals surface area contributed by atoms with Crippen LogP contribution in [-0.2, 0) is 4.79 Å². The van der Waals surface area contributed by atoms with Gasteiger partial charge in [0.05, 0.1) is 33.8 Å². The number of nitrogens with zero attached hydrogens (tertiary/aromatic N) is 2. The molecule has 0 aliphatic rings. The van der Waals surface area contributed by atoms with Crippen LogP contribution < -0.4 is 10.1 Å². The molecule has 0 fully saturated rings. The molecule has 0 saturated heterocycles. The summed E-state index contributed by atoms with van der Waals surface area (Å²) < 4.78 is 7.32. The van der Waals surface area contributed by atoms with Gasteiger partial charge in [-0.15, -0.1) is 0 Å². The smallest absolute Gasteiger partial charge is 0.305 e. The first-order chi connectivity index (χ1) is 16.5. The number of hydrogen-bond donors (Lipinski definition) is 3. The summed E-state index contributed by atoms with van der Waals surface area (Å²) in [6, 6.07) is 14.4. The Bertz CT molecular complexity index is 1200. The number of aromatic nitrogens is 2. The van der Waals surface area contributed by atoms with Gasteiger partial charge in [-0.3, -0.25) is 9.59 Å². The van der Waals surface area contributed by atoms with Crippen molar-refractivity contribution in [2.24, 2.45) is 5.92 Å². The number of ether oxygens (including phenoxy) is 1. The third kappa shape index (κ3) is 6.54. The predicted molar refractivity (Wildman–Crippen MR) is 133 cm³/mol. The Balaban J connectivity index is 1.93. The molecular weight excluding hydrogens is 493 g/mol. The maximum absolute atomic E-state index is 13.2. The van der Waals surface area contributed by atoms with Crippen LogP contribution in [0.1, 0.15) is 49.3 Å². The van der Waals surface area contributed by atoms with Gasteiger partial charge in [0.25, 0.3) is 5.91 Å². The van der Waals surface area contributed by atoms with Crippen LogP contribution in [0.4, 0.5) is 0 Å². The molecule has 3 aromatic rings. The molecule has 35 heavy (non-hydrogen) atoms. The first kappa shape index (κ1) is 26.5. The number of carboxylic acid groups (broad SMARTS) is 1. The van der Waals surface area contributed by atoms with E-state index in [1.165, 1.54) is 10.7 Å². The van der Waals surface area contributed by atoms with E-state index < -0.39 is 29.9 Å². The van der Waals surface area contributed by atoms with Gasteiger partial charge in [-0.2, -0.15) is 5.10 Å². The highest BCUT2D eigenvalue weighted by atomic mass is 35.5. The van der Waals surface area contributed by atoms with Crippen LogP contribution in [0, 0.1) is 5.92 Å². The summed E-state index contributed by atoms with van der Waals surface area (Å²) in [5.74, 6) is -1.57. The van der Waals surface area contributed by atoms with Crippen LogP contribution in [0.3, 0.4) is 0 Å². The molecule has 1 heterocycles. The third-order valence-electron chi connectivity index (χ3n) is 5.71. The van der Waals surface area contributed by atoms with Crippen LogP contribution in [0.2, 0.25) is 10.0 Å². The number of amides is 1. The zero-order valence-electron chi connectivity index (χ0n) is 19.5. The fourth-order valence-electron chi connectivity index (χ4n) is 3.15. The molecule has 0 spiro atoms. The second-order valence-electron chi connectivity index (χ2n) is 8.68. The molecular formula is C25H27Cl2N3O5. The Morgan fingerprint density at radius 1 is 1.14 bits per heavy atom. The van der Waals surface area contributed by atoms with Gasteiger partial charge in [-0.05, 0) is 36.6 Å². The molecule has 3 N–H and O–H groups in total. The van der Waals surface area contributed by atoms with Gasteiger partial charge in [-0.1, -0.05) is 67.4 Å². The summed E-state index contributed by atoms with van der Waals surface area (Å²) in [4.78, 5) is 24.6. The molecule has 2 aromatic carbocycles. The number of nitrogens with one attached hydrogen (secondary N) is 1. The normalized spacial score (nSPS) is 13.8. The second-order valence-corrected chi connectivity index (χ2v) is 9.47. The summed E-state index contributed by atoms with van der Waals surface area (Å²) in [5.41, 5.74) is -0.0847. The molecule has 1 aromatic heterocycles. The van der Waals surface area contributed by atoms with Crippen molar-refractivity contribution in [3.05, 3.63) is 75.9 Å². The fourth-order valence-corrected chi connectivity index (χ4v) is 3.59. The van der Waals surface area contributed by atoms with E-state index in [2.05, 4.69) is 10.4 Å². The maximum Gasteiger partial charge on any atom is 0.305 e. The molecule has 0 aliphatic carbocycles. The number of para-hydroxylation sites is 1. The maximum atomic E-state index is 13.2. The summed E-state index contributed by atoms with van der Waals surface area (Å²) in [6.45, 7) is 5.39. The molecule has 0 saturated carbocycles. The van der Waals surface area contributed by atoms with Crippen LogP contribution in [-0.4, -0.2) is 44.1 Å². The summed E-state index contributed by atoms with van der Waals surface area (Å²) in [6.07, 6.45) is -0.411. The lowest BCUT2D eigenvalue weighted by molar-refractivity contribution is -0.137. The topological polar surface area (TPSA) is 114 Å². The average Bonchev–Trinajstić information content (AvgIpc) is 3.24. The summed E-state index contributed by atoms with van der Waals surface area (Å²) in [5, 5.41) is 27.5. The highest BCUT2D eigenvalue weighted by Gasteiger charge is 2.28. The quantitative estimate of drug-likeness (QED) is 0.350. The average molecular weight is 520 g/mol. The van der Waals surface area contributed by atoms with Gasteiger partial charge in [0, 0.05) is 6.07 Å². The van der Waals surface area contributed by atoms with Gasteiger partial charge >= 0.3 is 5.97 Å². The molecule has 2 atom stereocenters. The highest BCUT2D eigenvalue weighted by Crippen LogP contribution is 2.32. The number of benzene rings is 2. The van der Waals surface area contributed by atoms with Gasteiger partial charge in [-0.25, -0.2) is 4.68 Å². The predicted octanol–water partition coefficient (Wildman–Crippen LogP) is 4.91. The number of halogens is 2. The Labute approximate surface area is 213 Å². The molecule has 186 valence electrons. The number of aliphatic hydroxyl groups is 1. The van der Waals surface area contributed by atoms with E-state index in [9.17, 15) is 19.8 Å². The minimum absolute atomic E-state index is 0.00146. The Morgan fingerprint density at radius 2 is 1.83 bits per heavy atom. The van der Waals surface area contributed by atoms with Gasteiger partial charge in [0.15, 0.2) is 5.69 Å². The van der Waals surface area contributed by atoms with Crippen molar-refractivity contribution < 1.29 is 24.5 Å². The lowest BCUT2D eigenvalue weighted by Crippen LogP contribution is -2.38. The Morgan fingerprint density at radius 3 is 2.46 bits per heavy atom. The van der Waals surface area contributed by atoms with Crippen molar-refractivity contribution in [1.29, 1.82) is 0 Å². The highest BCUT2D eigenvalue weighted by molar-refractivity contribution is 6.42. The van der Waals surface area contributed by atoms with E-state index in [-0.39, 0.29) is 34.1 Å². The number of carbonyl (C=O) groups excluding carboxylic acids is 1. The van der Waals surface area contributed by atoms with Crippen LogP contribution in [0.15, 0.2) is 54.6 Å². The monoisotopic (exact) mass is 519 g/mol. The van der Waals surface area contributed by atoms with Gasteiger partial charge in [0.2, 0.25) is 5.88 Å². The van der Waals surface area contributed by atoms with E-state index in [0.717, 1.165) is 0 Å². The Hall–Kier alpha value is -3.07. The summed E-state index contributed by atoms with van der Waals surface area (Å²) >= 11 is 12.4. The van der Waals surface area contributed by atoms with Crippen molar-refractivity contribution in [2.45, 2.75) is 38.8 Å². The SMILES string of the molecule is CC(C)[C@@](C)(O)COc1cc(C(=O)N[C@@H](CC(=O)O)c2cccc(Cl)c2Cl)nn1-c1ccccc1. The summed E-state index contributed by atoms with van der Waals surface area (Å²) in [7, 11) is 0. The van der Waals surface area contributed by atoms with E-state index >= 15 is 0 Å². The number of carbonyl (C=O) groups is 2. The van der Waals surface area contributed by atoms with Gasteiger partial charge < -0.3 is 20.3 Å². The second kappa shape index (κ2) is 11.1. The van der Waals surface area contributed by atoms with Crippen LogP contribution in [0.25, 0.3) is 5.69 Å². The van der Waals surface area contributed by atoms with Crippen molar-refractivity contribution in [2.75, 3.05) is 6.61 Å². The third-order valence-corrected chi connectivity index (χ3v) is 6.54. The minimum atomic E-state index is -1.12. The first-order valence-electron chi connectivity index (χ1n) is 11.0. The minimum Gasteiger partial charge on any atom is -0.481 e. The van der Waals surface area contributed by atoms with Gasteiger partial charge in [0.1, 0.15) is 6.61 Å². The number of carboxylic acids is 1. The zero-order chi connectivity index (χ0) is 25.8. The van der Waals surface area contributed by atoms with E-state index in [1.54, 1.807) is 37.3 Å². The number of rotatable bonds is 10. The van der Waals surface area contributed by atoms with Crippen LogP contribution >= 0.6 is 23.2 Å². The van der Waals surface area contributed by atoms with Crippen LogP contribution in [0.5, 0.6) is 5.88 Å². The zero-order valence-corrected chi connectivity index (χ0v) is 21.0. The lowest BCUT2D eigenvalue weighted by Gasteiger charge is -2.27. The largest absolute Gasteiger partial charge is 0.481 e. The molecule has 0 bridgehead atoms. The fraction of sp³-hybridized carbons (Fsp3) is 0.320. The lowest BCUT2D eigenvalue weighted by atomic mass is 9.94. The van der Waals surface area contributed by atoms with E-state index in [4.69, 9.17) is 27.9 Å². The standard InChI is InChI=1S/C25H27Cl2N3O5/c1-15(2)25(3,34)14-35-21-12-20(29-30(21)16-8-5-4-6-9-16)24(33)28-19(13-22(31)32)17-10-7-11-18(26)23(17)27/h4-12,15,19,34H,13-14H2,1-3H3,(H,28,33)(H,31,32)/t19-,25-/m0/s1. The van der Waals surface area contributed by atoms with Crippen molar-refractivity contribution in [3.63, 3.8) is 0 Å².